The number of amides is 3. The highest BCUT2D eigenvalue weighted by Crippen LogP contribution is 2.51. The first kappa shape index (κ1) is 22.4. The third kappa shape index (κ3) is 3.74. The van der Waals surface area contributed by atoms with Crippen LogP contribution in [0.25, 0.3) is 0 Å². The minimum Gasteiger partial charge on any atom is -0.469 e. The number of methoxy groups -OCH3 is 1. The summed E-state index contributed by atoms with van der Waals surface area (Å²) < 4.78 is 5.06. The number of rotatable bonds is 5. The van der Waals surface area contributed by atoms with Crippen molar-refractivity contribution in [1.82, 2.24) is 10.2 Å². The standard InChI is InChI=1S/C26H35N3O4/c1-33-23(31)25(11-6-12-25)18-28-15-9-19(10-16-28)17-27-24(32)29-21-8-3-2-7-20(21)26(22(29)30)13-4-5-14-26/h2-3,7-8,19H,4-6,9-18H2,1H3,(H,27,32). The lowest BCUT2D eigenvalue weighted by atomic mass is 9.68. The molecule has 2 aliphatic carbocycles. The molecule has 3 fully saturated rings. The summed E-state index contributed by atoms with van der Waals surface area (Å²) in [6.07, 6.45) is 8.62. The molecule has 4 aliphatic rings. The van der Waals surface area contributed by atoms with Gasteiger partial charge in [0.15, 0.2) is 0 Å². The molecule has 1 N–H and O–H groups in total. The van der Waals surface area contributed by atoms with E-state index in [0.29, 0.717) is 12.5 Å². The van der Waals surface area contributed by atoms with Crippen molar-refractivity contribution in [2.45, 2.75) is 63.2 Å². The topological polar surface area (TPSA) is 79.0 Å². The number of esters is 1. The summed E-state index contributed by atoms with van der Waals surface area (Å²) >= 11 is 0. The Kier molecular flexibility index (Phi) is 5.93. The Morgan fingerprint density at radius 2 is 1.76 bits per heavy atom. The number of fused-ring (bicyclic) bond motifs is 2. The van der Waals surface area contributed by atoms with Crippen LogP contribution >= 0.6 is 0 Å². The summed E-state index contributed by atoms with van der Waals surface area (Å²) in [5, 5.41) is 3.06. The molecular weight excluding hydrogens is 418 g/mol. The van der Waals surface area contributed by atoms with Crippen molar-refractivity contribution in [3.05, 3.63) is 29.8 Å². The largest absolute Gasteiger partial charge is 0.469 e. The molecule has 178 valence electrons. The van der Waals surface area contributed by atoms with Crippen LogP contribution in [0.3, 0.4) is 0 Å². The zero-order valence-corrected chi connectivity index (χ0v) is 19.6. The molecule has 7 heteroatoms. The van der Waals surface area contributed by atoms with E-state index >= 15 is 0 Å². The number of ether oxygens (including phenoxy) is 1. The van der Waals surface area contributed by atoms with Crippen LogP contribution in [0, 0.1) is 11.3 Å². The van der Waals surface area contributed by atoms with Crippen molar-refractivity contribution in [3.8, 4) is 0 Å². The quantitative estimate of drug-likeness (QED) is 0.689. The molecule has 2 saturated carbocycles. The summed E-state index contributed by atoms with van der Waals surface area (Å²) in [5.74, 6) is 0.259. The van der Waals surface area contributed by atoms with Gasteiger partial charge < -0.3 is 15.0 Å². The average Bonchev–Trinajstić information content (AvgIpc) is 3.40. The van der Waals surface area contributed by atoms with Crippen LogP contribution in [0.1, 0.15) is 63.4 Å². The Morgan fingerprint density at radius 1 is 1.06 bits per heavy atom. The number of imide groups is 1. The van der Waals surface area contributed by atoms with Gasteiger partial charge in [-0.15, -0.1) is 0 Å². The number of urea groups is 1. The van der Waals surface area contributed by atoms with Gasteiger partial charge in [0.1, 0.15) is 0 Å². The highest BCUT2D eigenvalue weighted by molar-refractivity contribution is 6.22. The van der Waals surface area contributed by atoms with Crippen molar-refractivity contribution >= 4 is 23.6 Å². The number of likely N-dealkylation sites (tertiary alicyclic amines) is 1. The van der Waals surface area contributed by atoms with Crippen molar-refractivity contribution in [2.24, 2.45) is 11.3 Å². The summed E-state index contributed by atoms with van der Waals surface area (Å²) in [6, 6.07) is 7.49. The number of nitrogens with zero attached hydrogens (tertiary/aromatic N) is 2. The van der Waals surface area contributed by atoms with Gasteiger partial charge in [-0.3, -0.25) is 9.59 Å². The van der Waals surface area contributed by atoms with Gasteiger partial charge in [0, 0.05) is 13.1 Å². The number of carbonyl (C=O) groups excluding carboxylic acids is 3. The fourth-order valence-electron chi connectivity index (χ4n) is 6.51. The van der Waals surface area contributed by atoms with Crippen LogP contribution in [0.15, 0.2) is 24.3 Å². The molecule has 1 aromatic carbocycles. The lowest BCUT2D eigenvalue weighted by Crippen LogP contribution is -2.51. The lowest BCUT2D eigenvalue weighted by Gasteiger charge is -2.44. The second-order valence-electron chi connectivity index (χ2n) is 10.5. The highest BCUT2D eigenvalue weighted by Gasteiger charge is 2.54. The molecule has 1 spiro atoms. The number of hydrogen-bond donors (Lipinski definition) is 1. The Morgan fingerprint density at radius 3 is 2.39 bits per heavy atom. The molecule has 1 saturated heterocycles. The van der Waals surface area contributed by atoms with Crippen LogP contribution in [-0.2, 0) is 19.7 Å². The smallest absolute Gasteiger partial charge is 0.328 e. The fraction of sp³-hybridized carbons (Fsp3) is 0.654. The molecule has 2 aliphatic heterocycles. The van der Waals surface area contributed by atoms with Gasteiger partial charge in [-0.05, 0) is 69.2 Å². The predicted molar refractivity (Wildman–Crippen MR) is 125 cm³/mol. The average molecular weight is 454 g/mol. The third-order valence-electron chi connectivity index (χ3n) is 8.64. The summed E-state index contributed by atoms with van der Waals surface area (Å²) in [7, 11) is 1.48. The first-order valence-corrected chi connectivity index (χ1v) is 12.5. The van der Waals surface area contributed by atoms with E-state index in [-0.39, 0.29) is 23.3 Å². The van der Waals surface area contributed by atoms with E-state index in [0.717, 1.165) is 88.7 Å². The summed E-state index contributed by atoms with van der Waals surface area (Å²) in [5.41, 5.74) is 0.961. The van der Waals surface area contributed by atoms with Crippen LogP contribution in [0.2, 0.25) is 0 Å². The molecule has 0 atom stereocenters. The van der Waals surface area contributed by atoms with E-state index in [1.54, 1.807) is 0 Å². The zero-order chi connectivity index (χ0) is 23.1. The maximum Gasteiger partial charge on any atom is 0.328 e. The second kappa shape index (κ2) is 8.75. The second-order valence-corrected chi connectivity index (χ2v) is 10.5. The number of nitrogens with one attached hydrogen (secondary N) is 1. The van der Waals surface area contributed by atoms with Gasteiger partial charge >= 0.3 is 12.0 Å². The first-order valence-electron chi connectivity index (χ1n) is 12.5. The van der Waals surface area contributed by atoms with E-state index in [9.17, 15) is 14.4 Å². The molecule has 0 bridgehead atoms. The molecule has 33 heavy (non-hydrogen) atoms. The molecule has 1 aromatic rings. The minimum absolute atomic E-state index is 0.0536. The van der Waals surface area contributed by atoms with Crippen LogP contribution in [0.4, 0.5) is 10.5 Å². The van der Waals surface area contributed by atoms with E-state index < -0.39 is 5.41 Å². The Balaban J connectivity index is 1.16. The molecule has 0 radical (unpaired) electrons. The maximum atomic E-state index is 13.4. The van der Waals surface area contributed by atoms with Crippen molar-refractivity contribution in [1.29, 1.82) is 0 Å². The SMILES string of the molecule is COC(=O)C1(CN2CCC(CNC(=O)N3C(=O)C4(CCCC4)c4ccccc43)CC2)CCC1. The predicted octanol–water partition coefficient (Wildman–Crippen LogP) is 3.61. The first-order chi connectivity index (χ1) is 16.0. The molecule has 0 unspecified atom stereocenters. The third-order valence-corrected chi connectivity index (χ3v) is 8.64. The molecule has 7 nitrogen and oxygen atoms in total. The number of hydrogen-bond acceptors (Lipinski definition) is 5. The molecule has 0 aromatic heterocycles. The Hall–Kier alpha value is -2.41. The van der Waals surface area contributed by atoms with E-state index in [2.05, 4.69) is 10.2 Å². The van der Waals surface area contributed by atoms with Gasteiger partial charge in [0.25, 0.3) is 0 Å². The van der Waals surface area contributed by atoms with Gasteiger partial charge in [0.2, 0.25) is 5.91 Å². The molecule has 5 rings (SSSR count). The van der Waals surface area contributed by atoms with Crippen LogP contribution in [-0.4, -0.2) is 56.1 Å². The zero-order valence-electron chi connectivity index (χ0n) is 19.6. The number of carbonyl (C=O) groups is 3. The molecule has 3 amide bonds. The van der Waals surface area contributed by atoms with E-state index in [1.165, 1.54) is 12.0 Å². The van der Waals surface area contributed by atoms with Crippen LogP contribution in [0.5, 0.6) is 0 Å². The number of piperidine rings is 1. The van der Waals surface area contributed by atoms with E-state index in [4.69, 9.17) is 4.74 Å². The van der Waals surface area contributed by atoms with Crippen molar-refractivity contribution in [2.75, 3.05) is 38.2 Å². The van der Waals surface area contributed by atoms with Gasteiger partial charge in [-0.2, -0.15) is 0 Å². The summed E-state index contributed by atoms with van der Waals surface area (Å²) in [4.78, 5) is 42.5. The van der Waals surface area contributed by atoms with Crippen LogP contribution < -0.4 is 10.2 Å². The van der Waals surface area contributed by atoms with Gasteiger partial charge in [0.05, 0.1) is 23.6 Å². The van der Waals surface area contributed by atoms with Crippen molar-refractivity contribution < 1.29 is 19.1 Å². The fourth-order valence-corrected chi connectivity index (χ4v) is 6.51. The number of para-hydroxylation sites is 1. The van der Waals surface area contributed by atoms with Gasteiger partial charge in [-0.25, -0.2) is 9.69 Å². The maximum absolute atomic E-state index is 13.4. The number of benzene rings is 1. The Labute approximate surface area is 195 Å². The summed E-state index contributed by atoms with van der Waals surface area (Å²) in [6.45, 7) is 3.20. The molecule has 2 heterocycles. The normalized spacial score (nSPS) is 23.9. The van der Waals surface area contributed by atoms with Crippen molar-refractivity contribution in [3.63, 3.8) is 0 Å². The van der Waals surface area contributed by atoms with E-state index in [1.807, 2.05) is 24.3 Å². The highest BCUT2D eigenvalue weighted by atomic mass is 16.5. The lowest BCUT2D eigenvalue weighted by molar-refractivity contribution is -0.160. The van der Waals surface area contributed by atoms with Gasteiger partial charge in [-0.1, -0.05) is 37.5 Å². The monoisotopic (exact) mass is 453 g/mol. The minimum atomic E-state index is -0.504. The number of anilines is 1. The Bertz CT molecular complexity index is 927. The molecular formula is C26H35N3O4.